The predicted octanol–water partition coefficient (Wildman–Crippen LogP) is 3.61. The Morgan fingerprint density at radius 3 is 2.71 bits per heavy atom. The number of hydrogen-bond donors (Lipinski definition) is 1. The van der Waals surface area contributed by atoms with Crippen LogP contribution in [0.1, 0.15) is 12.8 Å². The topological polar surface area (TPSA) is 37.8 Å². The molecule has 3 nitrogen and oxygen atoms in total. The number of thioether (sulfide) groups is 1. The molecule has 0 fully saturated rings. The number of halogens is 4. The van der Waals surface area contributed by atoms with Crippen molar-refractivity contribution in [3.8, 4) is 0 Å². The fourth-order valence-electron chi connectivity index (χ4n) is 1.08. The van der Waals surface area contributed by atoms with Crippen molar-refractivity contribution in [2.75, 3.05) is 18.1 Å². The summed E-state index contributed by atoms with van der Waals surface area (Å²) in [6, 6.07) is 1.48. The molecule has 0 aliphatic heterocycles. The van der Waals surface area contributed by atoms with Gasteiger partial charge in [0.25, 0.3) is 0 Å². The molecular formula is C9H11ClF3N3S. The Labute approximate surface area is 106 Å². The number of alkyl halides is 3. The molecule has 96 valence electrons. The number of anilines is 1. The van der Waals surface area contributed by atoms with E-state index in [0.717, 1.165) is 0 Å². The molecule has 1 N–H and O–H groups in total. The highest BCUT2D eigenvalue weighted by Crippen LogP contribution is 2.21. The smallest absolute Gasteiger partial charge is 0.370 e. The zero-order valence-corrected chi connectivity index (χ0v) is 10.6. The summed E-state index contributed by atoms with van der Waals surface area (Å²) in [5.74, 6) is 0.441. The maximum Gasteiger partial charge on any atom is 0.389 e. The monoisotopic (exact) mass is 285 g/mol. The first-order chi connectivity index (χ1) is 7.90. The zero-order valence-electron chi connectivity index (χ0n) is 9.01. The van der Waals surface area contributed by atoms with E-state index < -0.39 is 12.6 Å². The Balaban J connectivity index is 2.44. The van der Waals surface area contributed by atoms with E-state index in [0.29, 0.717) is 11.0 Å². The van der Waals surface area contributed by atoms with Gasteiger partial charge in [-0.2, -0.15) is 13.2 Å². The van der Waals surface area contributed by atoms with Crippen LogP contribution in [0.2, 0.25) is 5.15 Å². The van der Waals surface area contributed by atoms with E-state index in [-0.39, 0.29) is 18.1 Å². The second kappa shape index (κ2) is 6.30. The minimum absolute atomic E-state index is 0.000275. The van der Waals surface area contributed by atoms with Gasteiger partial charge in [-0.05, 0) is 12.7 Å². The Morgan fingerprint density at radius 2 is 2.12 bits per heavy atom. The van der Waals surface area contributed by atoms with E-state index in [9.17, 15) is 13.2 Å². The minimum atomic E-state index is -4.12. The van der Waals surface area contributed by atoms with E-state index in [2.05, 4.69) is 15.3 Å². The van der Waals surface area contributed by atoms with Crippen molar-refractivity contribution < 1.29 is 13.2 Å². The van der Waals surface area contributed by atoms with E-state index >= 15 is 0 Å². The molecule has 0 aliphatic carbocycles. The number of rotatable bonds is 5. The summed E-state index contributed by atoms with van der Waals surface area (Å²) >= 11 is 7.04. The first kappa shape index (κ1) is 14.4. The number of nitrogens with one attached hydrogen (secondary N) is 1. The highest BCUT2D eigenvalue weighted by Gasteiger charge is 2.25. The van der Waals surface area contributed by atoms with Crippen LogP contribution in [0.15, 0.2) is 11.2 Å². The summed E-state index contributed by atoms with van der Waals surface area (Å²) in [4.78, 5) is 7.98. The maximum atomic E-state index is 11.9. The van der Waals surface area contributed by atoms with Gasteiger partial charge >= 0.3 is 6.18 Å². The molecule has 0 aliphatic rings. The minimum Gasteiger partial charge on any atom is -0.370 e. The lowest BCUT2D eigenvalue weighted by Crippen LogP contribution is -2.11. The normalized spacial score (nSPS) is 11.6. The molecule has 1 heterocycles. The highest BCUT2D eigenvalue weighted by atomic mass is 35.5. The van der Waals surface area contributed by atoms with Gasteiger partial charge in [0.15, 0.2) is 5.16 Å². The zero-order chi connectivity index (χ0) is 12.9. The van der Waals surface area contributed by atoms with Gasteiger partial charge in [0.2, 0.25) is 0 Å². The van der Waals surface area contributed by atoms with Crippen molar-refractivity contribution >= 4 is 29.2 Å². The molecule has 0 amide bonds. The van der Waals surface area contributed by atoms with Gasteiger partial charge in [-0.3, -0.25) is 0 Å². The number of hydrogen-bond acceptors (Lipinski definition) is 4. The van der Waals surface area contributed by atoms with Gasteiger partial charge < -0.3 is 5.32 Å². The van der Waals surface area contributed by atoms with Gasteiger partial charge in [-0.15, -0.1) is 0 Å². The largest absolute Gasteiger partial charge is 0.389 e. The van der Waals surface area contributed by atoms with Crippen LogP contribution < -0.4 is 5.32 Å². The summed E-state index contributed by atoms with van der Waals surface area (Å²) in [6.45, 7) is 0.195. The fraction of sp³-hybridized carbons (Fsp3) is 0.556. The van der Waals surface area contributed by atoms with Gasteiger partial charge in [-0.25, -0.2) is 9.97 Å². The fourth-order valence-corrected chi connectivity index (χ4v) is 1.70. The molecule has 0 atom stereocenters. The third kappa shape index (κ3) is 5.97. The van der Waals surface area contributed by atoms with Crippen LogP contribution in [0, 0.1) is 0 Å². The molecule has 1 aromatic heterocycles. The SMILES string of the molecule is CSc1nc(Cl)cc(NCCCC(F)(F)F)n1. The molecule has 0 saturated carbocycles. The van der Waals surface area contributed by atoms with Gasteiger partial charge in [0, 0.05) is 19.0 Å². The highest BCUT2D eigenvalue weighted by molar-refractivity contribution is 7.98. The Hall–Kier alpha value is -0.690. The van der Waals surface area contributed by atoms with Crippen molar-refractivity contribution in [3.63, 3.8) is 0 Å². The second-order valence-corrected chi connectivity index (χ2v) is 4.37. The third-order valence-electron chi connectivity index (χ3n) is 1.80. The lowest BCUT2D eigenvalue weighted by molar-refractivity contribution is -0.134. The third-order valence-corrected chi connectivity index (χ3v) is 2.54. The molecule has 0 saturated heterocycles. The average Bonchev–Trinajstić information content (AvgIpc) is 2.22. The van der Waals surface area contributed by atoms with Crippen LogP contribution in [-0.4, -0.2) is 28.9 Å². The van der Waals surface area contributed by atoms with Gasteiger partial charge in [0.05, 0.1) is 0 Å². The molecule has 1 rings (SSSR count). The molecule has 0 radical (unpaired) electrons. The first-order valence-corrected chi connectivity index (χ1v) is 6.40. The van der Waals surface area contributed by atoms with Crippen LogP contribution in [0.4, 0.5) is 19.0 Å². The van der Waals surface area contributed by atoms with Crippen LogP contribution in [0.3, 0.4) is 0 Å². The lowest BCUT2D eigenvalue weighted by Gasteiger charge is -2.08. The van der Waals surface area contributed by atoms with E-state index in [1.54, 1.807) is 6.26 Å². The standard InChI is InChI=1S/C9H11ClF3N3S/c1-17-8-15-6(10)5-7(16-8)14-4-2-3-9(11,12)13/h5H,2-4H2,1H3,(H,14,15,16). The summed E-state index contributed by atoms with van der Waals surface area (Å²) in [7, 11) is 0. The van der Waals surface area contributed by atoms with Crippen molar-refractivity contribution in [1.29, 1.82) is 0 Å². The van der Waals surface area contributed by atoms with E-state index in [1.165, 1.54) is 17.8 Å². The molecule has 1 aromatic rings. The van der Waals surface area contributed by atoms with Crippen molar-refractivity contribution in [2.24, 2.45) is 0 Å². The molecule has 0 aromatic carbocycles. The van der Waals surface area contributed by atoms with E-state index in [1.807, 2.05) is 0 Å². The Bertz CT molecular complexity index is 373. The Morgan fingerprint density at radius 1 is 1.41 bits per heavy atom. The van der Waals surface area contributed by atoms with Crippen molar-refractivity contribution in [3.05, 3.63) is 11.2 Å². The van der Waals surface area contributed by atoms with Crippen LogP contribution in [0.25, 0.3) is 0 Å². The Kier molecular flexibility index (Phi) is 5.32. The summed E-state index contributed by atoms with van der Waals surface area (Å²) in [5.41, 5.74) is 0. The van der Waals surface area contributed by atoms with Gasteiger partial charge in [-0.1, -0.05) is 23.4 Å². The molecule has 0 unspecified atom stereocenters. The van der Waals surface area contributed by atoms with Crippen LogP contribution in [-0.2, 0) is 0 Å². The quantitative estimate of drug-likeness (QED) is 0.388. The van der Waals surface area contributed by atoms with Crippen LogP contribution >= 0.6 is 23.4 Å². The molecule has 8 heteroatoms. The van der Waals surface area contributed by atoms with Crippen molar-refractivity contribution in [2.45, 2.75) is 24.2 Å². The number of aromatic nitrogens is 2. The summed E-state index contributed by atoms with van der Waals surface area (Å²) in [5, 5.41) is 3.53. The second-order valence-electron chi connectivity index (χ2n) is 3.21. The lowest BCUT2D eigenvalue weighted by atomic mass is 10.3. The summed E-state index contributed by atoms with van der Waals surface area (Å²) < 4.78 is 35.7. The molecular weight excluding hydrogens is 275 g/mol. The first-order valence-electron chi connectivity index (χ1n) is 4.80. The van der Waals surface area contributed by atoms with E-state index in [4.69, 9.17) is 11.6 Å². The summed E-state index contributed by atoms with van der Waals surface area (Å²) in [6.07, 6.45) is -3.14. The molecule has 0 bridgehead atoms. The molecule has 0 spiro atoms. The number of nitrogens with zero attached hydrogens (tertiary/aromatic N) is 2. The maximum absolute atomic E-state index is 11.9. The predicted molar refractivity (Wildman–Crippen MR) is 62.6 cm³/mol. The average molecular weight is 286 g/mol. The van der Waals surface area contributed by atoms with Crippen LogP contribution in [0.5, 0.6) is 0 Å². The van der Waals surface area contributed by atoms with Gasteiger partial charge in [0.1, 0.15) is 11.0 Å². The van der Waals surface area contributed by atoms with Crippen molar-refractivity contribution in [1.82, 2.24) is 9.97 Å². The molecule has 17 heavy (non-hydrogen) atoms.